The predicted octanol–water partition coefficient (Wildman–Crippen LogP) is 14.4. The molecule has 0 atom stereocenters. The number of carboxylic acid groups (broad SMARTS) is 1. The maximum atomic E-state index is 11.3. The van der Waals surface area contributed by atoms with Crippen molar-refractivity contribution >= 4 is 89.7 Å². The number of carbonyl (C=O) groups is 1. The van der Waals surface area contributed by atoms with Crippen LogP contribution in [0.4, 0.5) is 17.1 Å². The molecule has 0 saturated heterocycles. The van der Waals surface area contributed by atoms with Crippen LogP contribution >= 0.6 is 22.7 Å². The van der Waals surface area contributed by atoms with E-state index < -0.39 is 5.97 Å². The smallest absolute Gasteiger partial charge is 0.346 e. The number of nitrogens with zero attached hydrogens (tertiary/aromatic N) is 2. The van der Waals surface area contributed by atoms with E-state index in [0.29, 0.717) is 0 Å². The van der Waals surface area contributed by atoms with Crippen molar-refractivity contribution in [2.45, 2.75) is 51.4 Å². The summed E-state index contributed by atoms with van der Waals surface area (Å²) in [6, 6.07) is 42.1. The summed E-state index contributed by atoms with van der Waals surface area (Å²) in [5.74, 6) is -1.21. The van der Waals surface area contributed by atoms with Gasteiger partial charge in [-0.2, -0.15) is 5.26 Å². The summed E-state index contributed by atoms with van der Waals surface area (Å²) in [5, 5.41) is 20.6. The molecule has 0 saturated carbocycles. The second kappa shape index (κ2) is 13.4. The van der Waals surface area contributed by atoms with Gasteiger partial charge < -0.3 is 10.0 Å². The molecule has 1 N–H and O–H groups in total. The van der Waals surface area contributed by atoms with Gasteiger partial charge in [0.25, 0.3) is 0 Å². The Morgan fingerprint density at radius 3 is 2.03 bits per heavy atom. The first-order valence-electron chi connectivity index (χ1n) is 19.7. The van der Waals surface area contributed by atoms with E-state index in [1.165, 1.54) is 61.9 Å². The van der Waals surface area contributed by atoms with Crippen LogP contribution in [0.3, 0.4) is 0 Å². The van der Waals surface area contributed by atoms with Crippen molar-refractivity contribution in [2.24, 2.45) is 0 Å². The van der Waals surface area contributed by atoms with Crippen molar-refractivity contribution in [1.29, 1.82) is 5.26 Å². The van der Waals surface area contributed by atoms with Gasteiger partial charge in [0.1, 0.15) is 11.6 Å². The molecule has 4 nitrogen and oxygen atoms in total. The molecule has 0 bridgehead atoms. The van der Waals surface area contributed by atoms with Gasteiger partial charge in [0, 0.05) is 47.0 Å². The summed E-state index contributed by atoms with van der Waals surface area (Å²) in [6.07, 6.45) is 12.7. The lowest BCUT2D eigenvalue weighted by Crippen LogP contribution is -2.18. The van der Waals surface area contributed by atoms with Crippen molar-refractivity contribution in [3.8, 4) is 17.2 Å². The zero-order chi connectivity index (χ0) is 39.9. The molecular weight excluding hydrogens is 749 g/mol. The predicted molar refractivity (Wildman–Crippen MR) is 244 cm³/mol. The number of thiophene rings is 2. The van der Waals surface area contributed by atoms with Crippen molar-refractivity contribution in [3.63, 3.8) is 0 Å². The number of allylic oxidation sites excluding steroid dienone is 4. The number of rotatable bonds is 7. The number of anilines is 3. The van der Waals surface area contributed by atoms with E-state index in [9.17, 15) is 15.2 Å². The topological polar surface area (TPSA) is 64.3 Å². The fraction of sp³-hybridized carbons (Fsp3) is 0.154. The van der Waals surface area contributed by atoms with E-state index in [1.807, 2.05) is 6.07 Å². The molecule has 7 aromatic rings. The van der Waals surface area contributed by atoms with Crippen molar-refractivity contribution in [2.75, 3.05) is 4.90 Å². The number of hydrogen-bond donors (Lipinski definition) is 1. The molecule has 58 heavy (non-hydrogen) atoms. The first-order valence-corrected chi connectivity index (χ1v) is 21.3. The van der Waals surface area contributed by atoms with Crippen molar-refractivity contribution in [1.82, 2.24) is 0 Å². The summed E-state index contributed by atoms with van der Waals surface area (Å²) >= 11 is 3.22. The van der Waals surface area contributed by atoms with Crippen LogP contribution in [0.15, 0.2) is 132 Å². The Kier molecular flexibility index (Phi) is 8.35. The second-order valence-electron chi connectivity index (χ2n) is 16.5. The fourth-order valence-electron chi connectivity index (χ4n) is 9.37. The summed E-state index contributed by atoms with van der Waals surface area (Å²) in [5.41, 5.74) is 15.2. The number of hydrogen-bond acceptors (Lipinski definition) is 5. The molecule has 5 aromatic carbocycles. The molecule has 3 aliphatic carbocycles. The highest BCUT2D eigenvalue weighted by molar-refractivity contribution is 7.21. The van der Waals surface area contributed by atoms with Gasteiger partial charge in [-0.3, -0.25) is 0 Å². The van der Waals surface area contributed by atoms with E-state index in [1.54, 1.807) is 17.4 Å². The van der Waals surface area contributed by atoms with Crippen LogP contribution < -0.4 is 4.90 Å². The van der Waals surface area contributed by atoms with Crippen LogP contribution in [0.25, 0.3) is 55.1 Å². The van der Waals surface area contributed by atoms with Crippen LogP contribution in [0.1, 0.15) is 78.1 Å². The third-order valence-electron chi connectivity index (χ3n) is 12.4. The molecule has 3 aliphatic rings. The van der Waals surface area contributed by atoms with Crippen LogP contribution in [0, 0.1) is 11.3 Å². The molecule has 282 valence electrons. The largest absolute Gasteiger partial charge is 0.477 e. The highest BCUT2D eigenvalue weighted by atomic mass is 32.1. The average molecular weight is 789 g/mol. The van der Waals surface area contributed by atoms with Crippen molar-refractivity contribution < 1.29 is 9.90 Å². The second-order valence-corrected chi connectivity index (χ2v) is 18.8. The Morgan fingerprint density at radius 2 is 1.33 bits per heavy atom. The van der Waals surface area contributed by atoms with Crippen LogP contribution in [-0.4, -0.2) is 11.1 Å². The van der Waals surface area contributed by atoms with Gasteiger partial charge in [-0.15, -0.1) is 22.7 Å². The quantitative estimate of drug-likeness (QED) is 0.129. The van der Waals surface area contributed by atoms with Gasteiger partial charge in [-0.05, 0) is 147 Å². The zero-order valence-electron chi connectivity index (χ0n) is 32.8. The minimum absolute atomic E-state index is 0.0634. The third kappa shape index (κ3) is 5.80. The van der Waals surface area contributed by atoms with Gasteiger partial charge >= 0.3 is 5.97 Å². The normalized spacial score (nSPS) is 16.1. The summed E-state index contributed by atoms with van der Waals surface area (Å²) < 4.78 is 2.22. The lowest BCUT2D eigenvalue weighted by molar-refractivity contribution is -0.132. The van der Waals surface area contributed by atoms with Crippen LogP contribution in [-0.2, 0) is 15.6 Å². The first-order chi connectivity index (χ1) is 28.0. The van der Waals surface area contributed by atoms with E-state index in [4.69, 9.17) is 0 Å². The minimum Gasteiger partial charge on any atom is -0.477 e. The van der Waals surface area contributed by atoms with E-state index in [2.05, 4.69) is 160 Å². The number of carboxylic acids is 1. The molecule has 2 aromatic heterocycles. The molecule has 2 heterocycles. The number of benzene rings is 5. The van der Waals surface area contributed by atoms with Gasteiger partial charge in [-0.1, -0.05) is 94.5 Å². The Morgan fingerprint density at radius 1 is 0.707 bits per heavy atom. The number of fused-ring (bicyclic) bond motifs is 7. The average Bonchev–Trinajstić information content (AvgIpc) is 3.94. The molecule has 0 amide bonds. The van der Waals surface area contributed by atoms with E-state index >= 15 is 0 Å². The van der Waals surface area contributed by atoms with E-state index in [-0.39, 0.29) is 16.4 Å². The Balaban J connectivity index is 0.991. The Bertz CT molecular complexity index is 3000. The maximum Gasteiger partial charge on any atom is 0.346 e. The standard InChI is InChI=1S/C52H40N2O2S2/c1-51(2)44-11-7-5-9-40(44)42-21-18-36(28-46(42)51)54(37-19-22-43-41-10-6-8-12-45(41)52(3,4)47(43)29-37)35-16-13-31(14-17-35)15-20-38-23-32-26-49-33(27-48(32)57-38)24-39(58-49)25-34(30-53)50(55)56/h5,7-9,11-29H,6,10H2,1-4H3,(H,55,56)/b20-15+,34-25+. The minimum atomic E-state index is -1.21. The zero-order valence-corrected chi connectivity index (χ0v) is 34.4. The van der Waals surface area contributed by atoms with Crippen LogP contribution in [0.5, 0.6) is 0 Å². The molecule has 0 radical (unpaired) electrons. The van der Waals surface area contributed by atoms with Gasteiger partial charge in [0.05, 0.1) is 0 Å². The van der Waals surface area contributed by atoms with E-state index in [0.717, 1.165) is 65.4 Å². The Hall–Kier alpha value is -6.26. The summed E-state index contributed by atoms with van der Waals surface area (Å²) in [6.45, 7) is 9.44. The SMILES string of the molecule is CC1(C)C2=C(CCC=C2)c2ccc(N(c3ccc(/C=C/c4cc5cc6sc(/C=C(\C#N)C(=O)O)cc6cc5s4)cc3)c3ccc4c(c3)C(C)(C)c3ccccc3-4)cc21. The van der Waals surface area contributed by atoms with Gasteiger partial charge in [0.15, 0.2) is 0 Å². The monoisotopic (exact) mass is 788 g/mol. The van der Waals surface area contributed by atoms with Crippen molar-refractivity contribution in [3.05, 3.63) is 170 Å². The highest BCUT2D eigenvalue weighted by Crippen LogP contribution is 2.53. The fourth-order valence-corrected chi connectivity index (χ4v) is 11.4. The highest BCUT2D eigenvalue weighted by Gasteiger charge is 2.38. The molecule has 0 unspecified atom stereocenters. The molecule has 6 heteroatoms. The first kappa shape index (κ1) is 36.1. The molecule has 0 spiro atoms. The van der Waals surface area contributed by atoms with Gasteiger partial charge in [0.2, 0.25) is 0 Å². The maximum absolute atomic E-state index is 11.3. The molecule has 0 aliphatic heterocycles. The summed E-state index contributed by atoms with van der Waals surface area (Å²) in [4.78, 5) is 15.7. The molecule has 0 fully saturated rings. The number of nitriles is 1. The third-order valence-corrected chi connectivity index (χ3v) is 14.5. The molecular formula is C52H40N2O2S2. The van der Waals surface area contributed by atoms with Crippen LogP contribution in [0.2, 0.25) is 0 Å². The lowest BCUT2D eigenvalue weighted by Gasteiger charge is -2.30. The molecule has 10 rings (SSSR count). The Labute approximate surface area is 346 Å². The number of aliphatic carboxylic acids is 1. The van der Waals surface area contributed by atoms with Gasteiger partial charge in [-0.25, -0.2) is 4.79 Å². The lowest BCUT2D eigenvalue weighted by atomic mass is 9.80. The summed E-state index contributed by atoms with van der Waals surface area (Å²) in [7, 11) is 0.